The molecule has 32 heavy (non-hydrogen) atoms. The van der Waals surface area contributed by atoms with E-state index in [4.69, 9.17) is 9.97 Å². The standard InChI is InChI=1S/C20H46N8Si4/c1-29(2,3)27(30(4,5)6)19-21-17(23-25-19)15-13-14-16-18-22-20(26-24-18)28(31(7,8)9)32(10,11)12/h13-16H2,1-12H3,(H,21,23,25)(H,22,24,26). The number of unbranched alkanes of at least 4 members (excludes halogenated alkanes) is 1. The van der Waals surface area contributed by atoms with Crippen LogP contribution in [0.2, 0.25) is 78.6 Å². The second-order valence-corrected chi connectivity index (χ2v) is 32.8. The fraction of sp³-hybridized carbons (Fsp3) is 0.800. The van der Waals surface area contributed by atoms with Crippen LogP contribution in [0.1, 0.15) is 24.5 Å². The van der Waals surface area contributed by atoms with E-state index in [0.717, 1.165) is 49.2 Å². The normalized spacial score (nSPS) is 13.5. The van der Waals surface area contributed by atoms with Crippen LogP contribution in [0.3, 0.4) is 0 Å². The summed E-state index contributed by atoms with van der Waals surface area (Å²) in [6.45, 7) is 28.5. The lowest BCUT2D eigenvalue weighted by Gasteiger charge is -2.43. The smallest absolute Gasteiger partial charge is 0.228 e. The van der Waals surface area contributed by atoms with Crippen molar-refractivity contribution in [2.45, 2.75) is 104 Å². The van der Waals surface area contributed by atoms with Crippen molar-refractivity contribution >= 4 is 44.8 Å². The van der Waals surface area contributed by atoms with Crippen molar-refractivity contribution in [3.8, 4) is 0 Å². The minimum atomic E-state index is -1.53. The molecule has 12 heteroatoms. The number of hydrogen-bond donors (Lipinski definition) is 2. The van der Waals surface area contributed by atoms with E-state index in [0.29, 0.717) is 0 Å². The van der Waals surface area contributed by atoms with Crippen LogP contribution in [-0.2, 0) is 12.8 Å². The average Bonchev–Trinajstić information content (AvgIpc) is 3.16. The zero-order chi connectivity index (χ0) is 24.5. The third-order valence-corrected chi connectivity index (χ3v) is 19.4. The van der Waals surface area contributed by atoms with Gasteiger partial charge in [0.15, 0.2) is 0 Å². The van der Waals surface area contributed by atoms with Gasteiger partial charge in [-0.3, -0.25) is 10.2 Å². The lowest BCUT2D eigenvalue weighted by atomic mass is 10.2. The van der Waals surface area contributed by atoms with Gasteiger partial charge >= 0.3 is 0 Å². The molecule has 0 aliphatic carbocycles. The third-order valence-electron chi connectivity index (χ3n) is 5.20. The van der Waals surface area contributed by atoms with Gasteiger partial charge < -0.3 is 8.46 Å². The number of rotatable bonds is 11. The molecule has 0 spiro atoms. The van der Waals surface area contributed by atoms with Crippen molar-refractivity contribution in [3.63, 3.8) is 0 Å². The monoisotopic (exact) mass is 510 g/mol. The largest absolute Gasteiger partial charge is 0.393 e. The van der Waals surface area contributed by atoms with Crippen LogP contribution in [0, 0.1) is 0 Å². The van der Waals surface area contributed by atoms with Crippen LogP contribution < -0.4 is 8.46 Å². The zero-order valence-corrected chi connectivity index (χ0v) is 26.5. The van der Waals surface area contributed by atoms with Crippen molar-refractivity contribution in [3.05, 3.63) is 11.6 Å². The molecule has 0 atom stereocenters. The highest BCUT2D eigenvalue weighted by molar-refractivity contribution is 6.99. The van der Waals surface area contributed by atoms with Gasteiger partial charge in [0.25, 0.3) is 0 Å². The number of aromatic amines is 2. The molecule has 0 saturated carbocycles. The summed E-state index contributed by atoms with van der Waals surface area (Å²) in [5, 5.41) is 15.6. The van der Waals surface area contributed by atoms with Crippen LogP contribution in [0.15, 0.2) is 0 Å². The quantitative estimate of drug-likeness (QED) is 0.309. The molecule has 0 aliphatic rings. The number of hydrogen-bond acceptors (Lipinski definition) is 6. The first-order chi connectivity index (χ1) is 14.4. The highest BCUT2D eigenvalue weighted by Gasteiger charge is 2.38. The van der Waals surface area contributed by atoms with Crippen molar-refractivity contribution < 1.29 is 0 Å². The number of aromatic nitrogens is 6. The first kappa shape index (κ1) is 27.0. The molecule has 2 rings (SSSR count). The molecular weight excluding hydrogens is 465 g/mol. The van der Waals surface area contributed by atoms with E-state index >= 15 is 0 Å². The molecular formula is C20H46N8Si4. The number of anilines is 2. The molecule has 0 saturated heterocycles. The molecule has 2 aromatic rings. The fourth-order valence-corrected chi connectivity index (χ4v) is 23.7. The van der Waals surface area contributed by atoms with Crippen molar-refractivity contribution in [1.29, 1.82) is 0 Å². The Morgan fingerprint density at radius 2 is 0.812 bits per heavy atom. The summed E-state index contributed by atoms with van der Waals surface area (Å²) < 4.78 is 5.11. The summed E-state index contributed by atoms with van der Waals surface area (Å²) in [7, 11) is -6.13. The molecule has 0 unspecified atom stereocenters. The van der Waals surface area contributed by atoms with E-state index in [1.807, 2.05) is 0 Å². The van der Waals surface area contributed by atoms with Crippen molar-refractivity contribution in [2.24, 2.45) is 0 Å². The lowest BCUT2D eigenvalue weighted by Crippen LogP contribution is -2.60. The van der Waals surface area contributed by atoms with Gasteiger partial charge in [-0.25, -0.2) is 0 Å². The van der Waals surface area contributed by atoms with Gasteiger partial charge in [0.1, 0.15) is 44.6 Å². The maximum absolute atomic E-state index is 4.86. The van der Waals surface area contributed by atoms with E-state index in [1.165, 1.54) is 0 Å². The summed E-state index contributed by atoms with van der Waals surface area (Å²) in [5.41, 5.74) is 0. The highest BCUT2D eigenvalue weighted by Crippen LogP contribution is 2.26. The molecule has 0 fully saturated rings. The first-order valence-corrected chi connectivity index (χ1v) is 25.6. The first-order valence-electron chi connectivity index (χ1n) is 11.8. The van der Waals surface area contributed by atoms with Gasteiger partial charge in [0.05, 0.1) is 0 Å². The Hall–Kier alpha value is -1.25. The zero-order valence-electron chi connectivity index (χ0n) is 22.5. The number of H-pyrrole nitrogens is 2. The molecule has 2 N–H and O–H groups in total. The number of nitrogens with zero attached hydrogens (tertiary/aromatic N) is 6. The minimum absolute atomic E-state index is 0.899. The van der Waals surface area contributed by atoms with Gasteiger partial charge in [-0.1, -0.05) is 78.6 Å². The van der Waals surface area contributed by atoms with E-state index in [-0.39, 0.29) is 0 Å². The van der Waals surface area contributed by atoms with Gasteiger partial charge in [-0.15, -0.1) is 10.2 Å². The van der Waals surface area contributed by atoms with Gasteiger partial charge in [-0.05, 0) is 12.8 Å². The lowest BCUT2D eigenvalue weighted by molar-refractivity contribution is 0.690. The summed E-state index contributed by atoms with van der Waals surface area (Å²) in [6, 6.07) is 0. The molecule has 2 aromatic heterocycles. The van der Waals surface area contributed by atoms with E-state index in [2.05, 4.69) is 107 Å². The predicted octanol–water partition coefficient (Wildman–Crippen LogP) is 5.44. The number of nitrogens with one attached hydrogen (secondary N) is 2. The SMILES string of the molecule is C[Si](C)(C)N(c1n[nH]c(CCCCc2nc(N([Si](C)(C)C)[Si](C)(C)C)n[nH]2)n1)[Si](C)(C)C. The predicted molar refractivity (Wildman–Crippen MR) is 148 cm³/mol. The second kappa shape index (κ2) is 9.55. The summed E-state index contributed by atoms with van der Waals surface area (Å²) >= 11 is 0. The maximum Gasteiger partial charge on any atom is 0.228 e. The topological polar surface area (TPSA) is 89.6 Å². The van der Waals surface area contributed by atoms with Gasteiger partial charge in [-0.2, -0.15) is 9.97 Å². The summed E-state index contributed by atoms with van der Waals surface area (Å²) in [5.74, 6) is 3.78. The average molecular weight is 511 g/mol. The molecule has 182 valence electrons. The molecule has 0 aromatic carbocycles. The Morgan fingerprint density at radius 1 is 0.531 bits per heavy atom. The highest BCUT2D eigenvalue weighted by atomic mass is 28.4. The van der Waals surface area contributed by atoms with Crippen molar-refractivity contribution in [2.75, 3.05) is 8.46 Å². The van der Waals surface area contributed by atoms with Crippen LogP contribution in [0.4, 0.5) is 11.9 Å². The maximum atomic E-state index is 4.86. The van der Waals surface area contributed by atoms with Gasteiger partial charge in [0.2, 0.25) is 11.9 Å². The van der Waals surface area contributed by atoms with Gasteiger partial charge in [0, 0.05) is 12.8 Å². The Kier molecular flexibility index (Phi) is 8.05. The molecule has 0 amide bonds. The minimum Gasteiger partial charge on any atom is -0.393 e. The summed E-state index contributed by atoms with van der Waals surface area (Å²) in [4.78, 5) is 9.73. The molecule has 0 bridgehead atoms. The van der Waals surface area contributed by atoms with E-state index in [1.54, 1.807) is 0 Å². The van der Waals surface area contributed by atoms with E-state index in [9.17, 15) is 0 Å². The Bertz CT molecular complexity index is 768. The van der Waals surface area contributed by atoms with Crippen molar-refractivity contribution in [1.82, 2.24) is 30.4 Å². The molecule has 8 nitrogen and oxygen atoms in total. The Labute approximate surface area is 199 Å². The fourth-order valence-electron chi connectivity index (χ4n) is 4.79. The summed E-state index contributed by atoms with van der Waals surface area (Å²) in [6.07, 6.45) is 3.93. The van der Waals surface area contributed by atoms with E-state index < -0.39 is 32.9 Å². The van der Waals surface area contributed by atoms with Crippen LogP contribution in [0.25, 0.3) is 0 Å². The molecule has 0 radical (unpaired) electrons. The number of aryl methyl sites for hydroxylation is 2. The Morgan fingerprint density at radius 3 is 1.06 bits per heavy atom. The Balaban J connectivity index is 1.96. The second-order valence-electron chi connectivity index (χ2n) is 12.7. The molecule has 0 aliphatic heterocycles. The molecule has 2 heterocycles. The van der Waals surface area contributed by atoms with Crippen LogP contribution in [0.5, 0.6) is 0 Å². The third kappa shape index (κ3) is 7.12. The van der Waals surface area contributed by atoms with Crippen LogP contribution in [-0.4, -0.2) is 63.3 Å². The van der Waals surface area contributed by atoms with Crippen LogP contribution >= 0.6 is 0 Å².